The Balaban J connectivity index is 1.59. The molecule has 2 aliphatic heterocycles. The summed E-state index contributed by atoms with van der Waals surface area (Å²) in [4.78, 5) is 13.2. The van der Waals surface area contributed by atoms with Gasteiger partial charge in [-0.3, -0.25) is 9.69 Å². The molecule has 2 rings (SSSR count). The van der Waals surface area contributed by atoms with E-state index in [-0.39, 0.29) is 17.9 Å². The molecule has 7 heteroatoms. The second-order valence-corrected chi connectivity index (χ2v) is 5.98. The van der Waals surface area contributed by atoms with E-state index in [0.29, 0.717) is 38.9 Å². The number of hydrogen-bond acceptors (Lipinski definition) is 3. The molecular weight excluding hydrogens is 285 g/mol. The van der Waals surface area contributed by atoms with Crippen LogP contribution >= 0.6 is 0 Å². The summed E-state index contributed by atoms with van der Waals surface area (Å²) in [5, 5.41) is 2.88. The van der Waals surface area contributed by atoms with Crippen LogP contribution in [0.3, 0.4) is 0 Å². The number of piperidine rings is 1. The first-order chi connectivity index (χ1) is 9.92. The summed E-state index contributed by atoms with van der Waals surface area (Å²) < 4.78 is 42.2. The maximum absolute atomic E-state index is 12.3. The van der Waals surface area contributed by atoms with Gasteiger partial charge in [0.2, 0.25) is 5.91 Å². The number of nitrogens with zero attached hydrogens (tertiary/aromatic N) is 1. The fourth-order valence-corrected chi connectivity index (χ4v) is 2.94. The minimum absolute atomic E-state index is 0.0142. The molecular formula is C14H23F3N2O2. The van der Waals surface area contributed by atoms with Crippen LogP contribution in [0.2, 0.25) is 0 Å². The Hall–Kier alpha value is -0.820. The van der Waals surface area contributed by atoms with Gasteiger partial charge in [0.15, 0.2) is 0 Å². The molecule has 0 bridgehead atoms. The van der Waals surface area contributed by atoms with E-state index in [1.807, 2.05) is 0 Å². The molecule has 2 saturated heterocycles. The first-order valence-electron chi connectivity index (χ1n) is 7.60. The number of likely N-dealkylation sites (tertiary alicyclic amines) is 1. The normalized spacial score (nSPS) is 25.2. The lowest BCUT2D eigenvalue weighted by atomic mass is 9.96. The molecule has 1 atom stereocenters. The third-order valence-electron chi connectivity index (χ3n) is 4.14. The van der Waals surface area contributed by atoms with Gasteiger partial charge in [0.05, 0.1) is 19.1 Å². The van der Waals surface area contributed by atoms with Gasteiger partial charge in [0.1, 0.15) is 0 Å². The minimum atomic E-state index is -4.12. The third kappa shape index (κ3) is 6.22. The highest BCUT2D eigenvalue weighted by Crippen LogP contribution is 2.22. The molecule has 0 aromatic heterocycles. The number of amides is 1. The van der Waals surface area contributed by atoms with Crippen molar-refractivity contribution in [2.75, 3.05) is 32.8 Å². The summed E-state index contributed by atoms with van der Waals surface area (Å²) in [5.74, 6) is 0.266. The van der Waals surface area contributed by atoms with E-state index in [4.69, 9.17) is 4.74 Å². The van der Waals surface area contributed by atoms with Crippen LogP contribution in [-0.4, -0.2) is 55.9 Å². The topological polar surface area (TPSA) is 41.6 Å². The van der Waals surface area contributed by atoms with Crippen molar-refractivity contribution in [1.82, 2.24) is 10.2 Å². The maximum Gasteiger partial charge on any atom is 0.401 e. The van der Waals surface area contributed by atoms with Crippen molar-refractivity contribution in [3.8, 4) is 0 Å². The Labute approximate surface area is 123 Å². The lowest BCUT2D eigenvalue weighted by Gasteiger charge is -2.32. The van der Waals surface area contributed by atoms with E-state index < -0.39 is 12.7 Å². The number of halogens is 3. The third-order valence-corrected chi connectivity index (χ3v) is 4.14. The quantitative estimate of drug-likeness (QED) is 0.844. The molecule has 0 aromatic carbocycles. The summed E-state index contributed by atoms with van der Waals surface area (Å²) in [5.41, 5.74) is 0. The second kappa shape index (κ2) is 7.45. The lowest BCUT2D eigenvalue weighted by molar-refractivity contribution is -0.148. The van der Waals surface area contributed by atoms with Crippen molar-refractivity contribution >= 4 is 5.91 Å². The van der Waals surface area contributed by atoms with Gasteiger partial charge in [-0.05, 0) is 44.7 Å². The molecule has 2 aliphatic rings. The van der Waals surface area contributed by atoms with Crippen LogP contribution in [0.5, 0.6) is 0 Å². The molecule has 122 valence electrons. The molecule has 0 saturated carbocycles. The molecule has 1 N–H and O–H groups in total. The second-order valence-electron chi connectivity index (χ2n) is 5.98. The van der Waals surface area contributed by atoms with Gasteiger partial charge in [0, 0.05) is 13.2 Å². The van der Waals surface area contributed by atoms with E-state index in [1.165, 1.54) is 4.90 Å². The Kier molecular flexibility index (Phi) is 5.87. The zero-order valence-corrected chi connectivity index (χ0v) is 12.1. The molecule has 0 radical (unpaired) electrons. The number of rotatable bonds is 5. The monoisotopic (exact) mass is 308 g/mol. The van der Waals surface area contributed by atoms with Crippen LogP contribution in [0.1, 0.15) is 32.1 Å². The highest BCUT2D eigenvalue weighted by Gasteiger charge is 2.32. The van der Waals surface area contributed by atoms with Crippen LogP contribution < -0.4 is 5.32 Å². The van der Waals surface area contributed by atoms with E-state index in [2.05, 4.69) is 5.32 Å². The Morgan fingerprint density at radius 1 is 1.24 bits per heavy atom. The average molecular weight is 308 g/mol. The number of carbonyl (C=O) groups excluding carboxylic acids is 1. The predicted octanol–water partition coefficient (Wildman–Crippen LogP) is 1.95. The molecule has 0 unspecified atom stereocenters. The highest BCUT2D eigenvalue weighted by atomic mass is 19.4. The highest BCUT2D eigenvalue weighted by molar-refractivity contribution is 5.76. The number of alkyl halides is 3. The van der Waals surface area contributed by atoms with Gasteiger partial charge in [-0.25, -0.2) is 0 Å². The van der Waals surface area contributed by atoms with Crippen LogP contribution in [0.25, 0.3) is 0 Å². The zero-order chi connectivity index (χ0) is 15.3. The van der Waals surface area contributed by atoms with Gasteiger partial charge in [-0.1, -0.05) is 0 Å². The molecule has 21 heavy (non-hydrogen) atoms. The van der Waals surface area contributed by atoms with E-state index in [9.17, 15) is 18.0 Å². The van der Waals surface area contributed by atoms with E-state index >= 15 is 0 Å². The minimum Gasteiger partial charge on any atom is -0.378 e. The van der Waals surface area contributed by atoms with Crippen LogP contribution in [0.4, 0.5) is 13.2 Å². The first kappa shape index (κ1) is 16.5. The fraction of sp³-hybridized carbons (Fsp3) is 0.929. The summed E-state index contributed by atoms with van der Waals surface area (Å²) in [6, 6.07) is 0. The first-order valence-corrected chi connectivity index (χ1v) is 7.60. The van der Waals surface area contributed by atoms with Gasteiger partial charge < -0.3 is 10.1 Å². The molecule has 0 aliphatic carbocycles. The molecule has 2 fully saturated rings. The summed E-state index contributed by atoms with van der Waals surface area (Å²) >= 11 is 0. The van der Waals surface area contributed by atoms with Crippen LogP contribution in [0.15, 0.2) is 0 Å². The largest absolute Gasteiger partial charge is 0.401 e. The van der Waals surface area contributed by atoms with Crippen molar-refractivity contribution in [2.24, 2.45) is 5.92 Å². The van der Waals surface area contributed by atoms with Crippen molar-refractivity contribution < 1.29 is 22.7 Å². The number of ether oxygens (including phenoxy) is 1. The molecule has 0 spiro atoms. The van der Waals surface area contributed by atoms with Crippen molar-refractivity contribution in [2.45, 2.75) is 44.4 Å². The van der Waals surface area contributed by atoms with Crippen LogP contribution in [0, 0.1) is 5.92 Å². The summed E-state index contributed by atoms with van der Waals surface area (Å²) in [6.07, 6.45) is -0.334. The molecule has 2 heterocycles. The SMILES string of the molecule is O=C(C[C@@H]1CCCO1)NCC1CCN(CC(F)(F)F)CC1. The average Bonchev–Trinajstić information content (AvgIpc) is 2.89. The smallest absolute Gasteiger partial charge is 0.378 e. The van der Waals surface area contributed by atoms with Crippen LogP contribution in [-0.2, 0) is 9.53 Å². The summed E-state index contributed by atoms with van der Waals surface area (Å²) in [6.45, 7) is 1.36. The van der Waals surface area contributed by atoms with Gasteiger partial charge in [0.25, 0.3) is 0 Å². The number of nitrogens with one attached hydrogen (secondary N) is 1. The van der Waals surface area contributed by atoms with Gasteiger partial charge in [-0.2, -0.15) is 13.2 Å². The Morgan fingerprint density at radius 2 is 1.95 bits per heavy atom. The summed E-state index contributed by atoms with van der Waals surface area (Å²) in [7, 11) is 0. The fourth-order valence-electron chi connectivity index (χ4n) is 2.94. The van der Waals surface area contributed by atoms with Crippen molar-refractivity contribution in [3.63, 3.8) is 0 Å². The molecule has 4 nitrogen and oxygen atoms in total. The number of hydrogen-bond donors (Lipinski definition) is 1. The Morgan fingerprint density at radius 3 is 2.52 bits per heavy atom. The van der Waals surface area contributed by atoms with Crippen molar-refractivity contribution in [1.29, 1.82) is 0 Å². The maximum atomic E-state index is 12.3. The predicted molar refractivity (Wildman–Crippen MR) is 71.8 cm³/mol. The molecule has 1 amide bonds. The Bertz CT molecular complexity index is 336. The van der Waals surface area contributed by atoms with Gasteiger partial charge >= 0.3 is 6.18 Å². The standard InChI is InChI=1S/C14H23F3N2O2/c15-14(16,17)10-19-5-3-11(4-6-19)9-18-13(20)8-12-2-1-7-21-12/h11-12H,1-10H2,(H,18,20)/t12-/m0/s1. The molecule has 0 aromatic rings. The number of carbonyl (C=O) groups is 1. The van der Waals surface area contributed by atoms with Gasteiger partial charge in [-0.15, -0.1) is 0 Å². The lowest BCUT2D eigenvalue weighted by Crippen LogP contribution is -2.42. The van der Waals surface area contributed by atoms with E-state index in [0.717, 1.165) is 19.4 Å². The van der Waals surface area contributed by atoms with Crippen molar-refractivity contribution in [3.05, 3.63) is 0 Å². The van der Waals surface area contributed by atoms with E-state index in [1.54, 1.807) is 0 Å². The zero-order valence-electron chi connectivity index (χ0n) is 12.1.